The average Bonchev–Trinajstić information content (AvgIpc) is 2.47. The molecule has 1 heterocycles. The minimum absolute atomic E-state index is 0.0826. The largest absolute Gasteiger partial charge is 0.388 e. The number of benzene rings is 1. The molecule has 1 fully saturated rings. The Balaban J connectivity index is 1.87. The standard InChI is InChI=1S/C17H25NO3/c1-14(16(19)15-6-4-3-5-7-15)12-18(2)13-17(20)8-10-21-11-9-17/h3-7,14,20H,8-13H2,1-2H3. The maximum absolute atomic E-state index is 12.3. The third kappa shape index (κ3) is 4.63. The van der Waals surface area contributed by atoms with Gasteiger partial charge in [-0.1, -0.05) is 37.3 Å². The summed E-state index contributed by atoms with van der Waals surface area (Å²) in [5.41, 5.74) is 0.0749. The number of Topliss-reactive ketones (excluding diaryl/α,β-unsaturated/α-hetero) is 1. The number of aliphatic hydroxyl groups is 1. The molecule has 1 aromatic carbocycles. The van der Waals surface area contributed by atoms with Gasteiger partial charge in [0, 0.05) is 50.6 Å². The zero-order valence-corrected chi connectivity index (χ0v) is 12.9. The average molecular weight is 291 g/mol. The number of rotatable bonds is 6. The molecular weight excluding hydrogens is 266 g/mol. The molecule has 4 heteroatoms. The molecular formula is C17H25NO3. The van der Waals surface area contributed by atoms with E-state index in [1.165, 1.54) is 0 Å². The quantitative estimate of drug-likeness (QED) is 0.814. The maximum atomic E-state index is 12.3. The Morgan fingerprint density at radius 2 is 1.95 bits per heavy atom. The highest BCUT2D eigenvalue weighted by Crippen LogP contribution is 2.22. The van der Waals surface area contributed by atoms with Gasteiger partial charge in [0.1, 0.15) is 0 Å². The molecule has 0 aliphatic carbocycles. The van der Waals surface area contributed by atoms with E-state index >= 15 is 0 Å². The lowest BCUT2D eigenvalue weighted by molar-refractivity contribution is -0.0775. The van der Waals surface area contributed by atoms with Gasteiger partial charge < -0.3 is 14.7 Å². The summed E-state index contributed by atoms with van der Waals surface area (Å²) >= 11 is 0. The third-order valence-corrected chi connectivity index (χ3v) is 4.08. The highest BCUT2D eigenvalue weighted by molar-refractivity contribution is 5.97. The van der Waals surface area contributed by atoms with E-state index in [1.807, 2.05) is 44.3 Å². The zero-order chi connectivity index (χ0) is 15.3. The number of hydrogen-bond donors (Lipinski definition) is 1. The van der Waals surface area contributed by atoms with Crippen LogP contribution < -0.4 is 0 Å². The van der Waals surface area contributed by atoms with Crippen molar-refractivity contribution in [2.24, 2.45) is 5.92 Å². The Labute approximate surface area is 126 Å². The molecule has 21 heavy (non-hydrogen) atoms. The van der Waals surface area contributed by atoms with Gasteiger partial charge in [0.05, 0.1) is 5.60 Å². The Morgan fingerprint density at radius 3 is 2.57 bits per heavy atom. The van der Waals surface area contributed by atoms with Crippen LogP contribution in [0, 0.1) is 5.92 Å². The van der Waals surface area contributed by atoms with E-state index in [4.69, 9.17) is 4.74 Å². The minimum Gasteiger partial charge on any atom is -0.388 e. The van der Waals surface area contributed by atoms with Crippen molar-refractivity contribution in [1.82, 2.24) is 4.90 Å². The van der Waals surface area contributed by atoms with Crippen LogP contribution in [0.1, 0.15) is 30.1 Å². The number of carbonyl (C=O) groups is 1. The van der Waals surface area contributed by atoms with Gasteiger partial charge in [-0.25, -0.2) is 0 Å². The number of likely N-dealkylation sites (N-methyl/N-ethyl adjacent to an activating group) is 1. The molecule has 0 bridgehead atoms. The fraction of sp³-hybridized carbons (Fsp3) is 0.588. The van der Waals surface area contributed by atoms with E-state index in [0.29, 0.717) is 39.1 Å². The second-order valence-electron chi connectivity index (χ2n) is 6.16. The smallest absolute Gasteiger partial charge is 0.166 e. The molecule has 4 nitrogen and oxygen atoms in total. The number of ketones is 1. The van der Waals surface area contributed by atoms with Gasteiger partial charge in [0.25, 0.3) is 0 Å². The van der Waals surface area contributed by atoms with E-state index in [0.717, 1.165) is 5.56 Å². The molecule has 1 aliphatic rings. The lowest BCUT2D eigenvalue weighted by Crippen LogP contribution is -2.47. The summed E-state index contributed by atoms with van der Waals surface area (Å²) in [6.07, 6.45) is 1.33. The normalized spacial score (nSPS) is 19.4. The van der Waals surface area contributed by atoms with Crippen molar-refractivity contribution in [3.63, 3.8) is 0 Å². The second-order valence-corrected chi connectivity index (χ2v) is 6.16. The molecule has 1 atom stereocenters. The Bertz CT molecular complexity index is 454. The van der Waals surface area contributed by atoms with Crippen LogP contribution in [0.2, 0.25) is 0 Å². The topological polar surface area (TPSA) is 49.8 Å². The van der Waals surface area contributed by atoms with Crippen LogP contribution in [-0.4, -0.2) is 54.7 Å². The Hall–Kier alpha value is -1.23. The summed E-state index contributed by atoms with van der Waals surface area (Å²) in [4.78, 5) is 14.4. The predicted molar refractivity (Wildman–Crippen MR) is 82.4 cm³/mol. The highest BCUT2D eigenvalue weighted by Gasteiger charge is 2.31. The molecule has 0 aromatic heterocycles. The van der Waals surface area contributed by atoms with Crippen molar-refractivity contribution < 1.29 is 14.6 Å². The van der Waals surface area contributed by atoms with Crippen molar-refractivity contribution in [3.05, 3.63) is 35.9 Å². The monoisotopic (exact) mass is 291 g/mol. The molecule has 1 aliphatic heterocycles. The first-order valence-electron chi connectivity index (χ1n) is 7.58. The van der Waals surface area contributed by atoms with E-state index in [1.54, 1.807) is 0 Å². The lowest BCUT2D eigenvalue weighted by atomic mass is 9.93. The molecule has 1 saturated heterocycles. The second kappa shape index (κ2) is 7.16. The first-order chi connectivity index (χ1) is 10.0. The number of carbonyl (C=O) groups excluding carboxylic acids is 1. The summed E-state index contributed by atoms with van der Waals surface area (Å²) in [6.45, 7) is 4.41. The van der Waals surface area contributed by atoms with Crippen LogP contribution in [0.3, 0.4) is 0 Å². The van der Waals surface area contributed by atoms with Crippen LogP contribution in [0.5, 0.6) is 0 Å². The molecule has 2 rings (SSSR count). The molecule has 0 radical (unpaired) electrons. The van der Waals surface area contributed by atoms with Crippen molar-refractivity contribution >= 4 is 5.78 Å². The van der Waals surface area contributed by atoms with Gasteiger partial charge >= 0.3 is 0 Å². The van der Waals surface area contributed by atoms with Gasteiger partial charge in [0.15, 0.2) is 5.78 Å². The Kier molecular flexibility index (Phi) is 5.51. The fourth-order valence-electron chi connectivity index (χ4n) is 2.91. The van der Waals surface area contributed by atoms with Gasteiger partial charge in [-0.05, 0) is 7.05 Å². The van der Waals surface area contributed by atoms with Crippen molar-refractivity contribution in [2.75, 3.05) is 33.4 Å². The summed E-state index contributed by atoms with van der Waals surface area (Å²) in [6, 6.07) is 9.38. The van der Waals surface area contributed by atoms with E-state index in [9.17, 15) is 9.90 Å². The van der Waals surface area contributed by atoms with Crippen LogP contribution in [-0.2, 0) is 4.74 Å². The van der Waals surface area contributed by atoms with Gasteiger partial charge in [-0.2, -0.15) is 0 Å². The summed E-state index contributed by atoms with van der Waals surface area (Å²) in [5.74, 6) is 0.0715. The van der Waals surface area contributed by atoms with Crippen LogP contribution in [0.15, 0.2) is 30.3 Å². The highest BCUT2D eigenvalue weighted by atomic mass is 16.5. The lowest BCUT2D eigenvalue weighted by Gasteiger charge is -2.36. The summed E-state index contributed by atoms with van der Waals surface area (Å²) < 4.78 is 5.29. The van der Waals surface area contributed by atoms with Gasteiger partial charge in [-0.15, -0.1) is 0 Å². The fourth-order valence-corrected chi connectivity index (χ4v) is 2.91. The van der Waals surface area contributed by atoms with Crippen LogP contribution in [0.4, 0.5) is 0 Å². The minimum atomic E-state index is -0.678. The molecule has 0 amide bonds. The van der Waals surface area contributed by atoms with E-state index in [2.05, 4.69) is 4.90 Å². The maximum Gasteiger partial charge on any atom is 0.166 e. The molecule has 0 spiro atoms. The van der Waals surface area contributed by atoms with Crippen LogP contribution >= 0.6 is 0 Å². The van der Waals surface area contributed by atoms with Crippen molar-refractivity contribution in [2.45, 2.75) is 25.4 Å². The molecule has 1 N–H and O–H groups in total. The summed E-state index contributed by atoms with van der Waals surface area (Å²) in [5, 5.41) is 10.5. The first-order valence-corrected chi connectivity index (χ1v) is 7.58. The van der Waals surface area contributed by atoms with Crippen molar-refractivity contribution in [1.29, 1.82) is 0 Å². The number of ether oxygens (including phenoxy) is 1. The Morgan fingerprint density at radius 1 is 1.33 bits per heavy atom. The third-order valence-electron chi connectivity index (χ3n) is 4.08. The van der Waals surface area contributed by atoms with Gasteiger partial charge in [0.2, 0.25) is 0 Å². The number of hydrogen-bond acceptors (Lipinski definition) is 4. The zero-order valence-electron chi connectivity index (χ0n) is 12.9. The summed E-state index contributed by atoms with van der Waals surface area (Å²) in [7, 11) is 1.96. The van der Waals surface area contributed by atoms with Gasteiger partial charge in [-0.3, -0.25) is 4.79 Å². The predicted octanol–water partition coefficient (Wildman–Crippen LogP) is 1.98. The number of nitrogens with zero attached hydrogens (tertiary/aromatic N) is 1. The SMILES string of the molecule is CC(CN(C)CC1(O)CCOCC1)C(=O)c1ccccc1. The molecule has 1 unspecified atom stereocenters. The molecule has 116 valence electrons. The van der Waals surface area contributed by atoms with Crippen molar-refractivity contribution in [3.8, 4) is 0 Å². The van der Waals surface area contributed by atoms with E-state index < -0.39 is 5.60 Å². The van der Waals surface area contributed by atoms with E-state index in [-0.39, 0.29) is 11.7 Å². The molecule has 1 aromatic rings. The molecule has 0 saturated carbocycles. The first kappa shape index (κ1) is 16.1. The van der Waals surface area contributed by atoms with Crippen LogP contribution in [0.25, 0.3) is 0 Å².